The Morgan fingerprint density at radius 2 is 1.22 bits per heavy atom. The molecule has 3 aliphatic heterocycles. The summed E-state index contributed by atoms with van der Waals surface area (Å²) in [4.78, 5) is 0. The van der Waals surface area contributed by atoms with Crippen LogP contribution in [0, 0.1) is 45.3 Å². The van der Waals surface area contributed by atoms with Crippen LogP contribution in [0.4, 0.5) is 0 Å². The fourth-order valence-corrected chi connectivity index (χ4v) is 14.1. The van der Waals surface area contributed by atoms with Gasteiger partial charge in [-0.25, -0.2) is 0 Å². The van der Waals surface area contributed by atoms with Gasteiger partial charge in [0.1, 0.15) is 73.2 Å². The van der Waals surface area contributed by atoms with Crippen LogP contribution >= 0.6 is 0 Å². The summed E-state index contributed by atoms with van der Waals surface area (Å²) in [6, 6.07) is 0. The molecule has 7 aliphatic rings. The molecule has 2 unspecified atom stereocenters. The van der Waals surface area contributed by atoms with E-state index in [4.69, 9.17) is 28.4 Å². The molecular formula is C48H82O20. The van der Waals surface area contributed by atoms with Crippen LogP contribution < -0.4 is 0 Å². The van der Waals surface area contributed by atoms with Crippen LogP contribution in [0.25, 0.3) is 0 Å². The van der Waals surface area contributed by atoms with E-state index in [1.807, 2.05) is 6.92 Å². The third-order valence-electron chi connectivity index (χ3n) is 18.8. The molecule has 20 nitrogen and oxygen atoms in total. The van der Waals surface area contributed by atoms with Gasteiger partial charge in [0, 0.05) is 17.3 Å². The van der Waals surface area contributed by atoms with Gasteiger partial charge < -0.3 is 99.9 Å². The van der Waals surface area contributed by atoms with Gasteiger partial charge in [-0.15, -0.1) is 0 Å². The summed E-state index contributed by atoms with van der Waals surface area (Å²) in [6.45, 7) is 14.0. The maximum Gasteiger partial charge on any atom is 0.187 e. The van der Waals surface area contributed by atoms with E-state index in [9.17, 15) is 71.5 Å². The molecule has 3 heterocycles. The van der Waals surface area contributed by atoms with E-state index >= 15 is 0 Å². The van der Waals surface area contributed by atoms with Crippen LogP contribution in [0.5, 0.6) is 0 Å². The van der Waals surface area contributed by atoms with Gasteiger partial charge in [0.25, 0.3) is 0 Å². The fraction of sp³-hybridized carbons (Fsp3) is 0.958. The van der Waals surface area contributed by atoms with E-state index in [0.29, 0.717) is 25.7 Å². The van der Waals surface area contributed by atoms with Gasteiger partial charge in [0.05, 0.1) is 49.8 Å². The zero-order valence-electron chi connectivity index (χ0n) is 40.6. The second-order valence-electron chi connectivity index (χ2n) is 23.2. The number of hydrogen-bond donors (Lipinski definition) is 14. The fourth-order valence-electron chi connectivity index (χ4n) is 14.1. The van der Waals surface area contributed by atoms with Crippen molar-refractivity contribution < 1.29 is 99.9 Å². The van der Waals surface area contributed by atoms with Gasteiger partial charge in [-0.1, -0.05) is 53.2 Å². The van der Waals surface area contributed by atoms with Gasteiger partial charge in [-0.3, -0.25) is 0 Å². The first kappa shape index (κ1) is 54.7. The zero-order valence-corrected chi connectivity index (χ0v) is 40.6. The third kappa shape index (κ3) is 9.19. The lowest BCUT2D eigenvalue weighted by molar-refractivity contribution is -0.342. The van der Waals surface area contributed by atoms with Crippen molar-refractivity contribution in [3.8, 4) is 0 Å². The molecule has 7 rings (SSSR count). The SMILES string of the molecule is C[C@H](C(O)C[C@@H](O[C@@H]1O[C@H](CO[C@@H]2O[C@H](CO)[C@@H](O)[C@H](O)[C@H]2O)[C@@H](O)[C@H](O)[C@H]1O)C(C)(C)O)C1CC[C@@]2(C)[C@@H]3CC=C4[C@@H](CC[C@H](O[C@@H]5O[C@H](CO)[C@@H](O)[C@H](O)[C@H]5O)C4(C)C)[C@]3(C)[C@@H](O)C[C@]12C. The lowest BCUT2D eigenvalue weighted by Gasteiger charge is -2.67. The molecule has 0 aromatic heterocycles. The summed E-state index contributed by atoms with van der Waals surface area (Å²) in [6.07, 6.45) is -20.4. The summed E-state index contributed by atoms with van der Waals surface area (Å²) in [7, 11) is 0. The molecule has 14 N–H and O–H groups in total. The quantitative estimate of drug-likeness (QED) is 0.0831. The Hall–Kier alpha value is -1.06. The van der Waals surface area contributed by atoms with Crippen LogP contribution in [0.15, 0.2) is 11.6 Å². The number of aliphatic hydroxyl groups is 14. The van der Waals surface area contributed by atoms with Gasteiger partial charge >= 0.3 is 0 Å². The van der Waals surface area contributed by atoms with Gasteiger partial charge in [-0.05, 0) is 86.9 Å². The minimum atomic E-state index is -1.82. The van der Waals surface area contributed by atoms with Crippen LogP contribution in [0.1, 0.15) is 100 Å². The number of aliphatic hydroxyl groups excluding tert-OH is 13. The molecule has 0 aromatic carbocycles. The van der Waals surface area contributed by atoms with Crippen LogP contribution in [0.3, 0.4) is 0 Å². The number of hydrogen-bond acceptors (Lipinski definition) is 20. The standard InChI is InChI=1S/C48H82O20/c1-20(24(51)15-31(45(4,5)62)68-43-40(61)37(58)34(55)27(66-43)19-63-41-38(59)35(56)32(53)25(17-49)64-41)21-13-14-46(6)28-11-9-22-23(48(28,8)29(52)16-47(21,46)7)10-12-30(44(22,2)3)67-42-39(60)36(57)33(54)26(18-50)65-42/h9,20-21,23-43,49-62H,10-19H2,1-8H3/t20-,21?,23+,24?,25+,26+,27+,28-,29-,30-,31+,32+,33+,34+,35-,36-,37-,38+,39+,40+,41+,42-,43-,46-,47+,48-/m0/s1. The summed E-state index contributed by atoms with van der Waals surface area (Å²) < 4.78 is 35.1. The first-order valence-electron chi connectivity index (χ1n) is 24.6. The topological polar surface area (TPSA) is 339 Å². The molecule has 3 saturated heterocycles. The number of rotatable bonds is 14. The second kappa shape index (κ2) is 20.0. The smallest absolute Gasteiger partial charge is 0.187 e. The van der Waals surface area contributed by atoms with E-state index < -0.39 is 158 Å². The Morgan fingerprint density at radius 1 is 0.691 bits per heavy atom. The third-order valence-corrected chi connectivity index (χ3v) is 18.8. The average molecular weight is 979 g/mol. The molecule has 394 valence electrons. The van der Waals surface area contributed by atoms with E-state index in [2.05, 4.69) is 40.7 Å². The Balaban J connectivity index is 1.03. The van der Waals surface area contributed by atoms with E-state index in [0.717, 1.165) is 18.4 Å². The molecule has 3 saturated carbocycles. The van der Waals surface area contributed by atoms with Crippen LogP contribution in [-0.2, 0) is 28.4 Å². The number of allylic oxidation sites excluding steroid dienone is 1. The van der Waals surface area contributed by atoms with Crippen molar-refractivity contribution in [2.75, 3.05) is 19.8 Å². The van der Waals surface area contributed by atoms with Crippen molar-refractivity contribution >= 4 is 0 Å². The van der Waals surface area contributed by atoms with Crippen molar-refractivity contribution in [2.45, 2.75) is 222 Å². The van der Waals surface area contributed by atoms with E-state index in [-0.39, 0.29) is 35.5 Å². The summed E-state index contributed by atoms with van der Waals surface area (Å²) in [5, 5.41) is 150. The minimum Gasteiger partial charge on any atom is -0.394 e. The Bertz CT molecular complexity index is 1740. The molecule has 0 spiro atoms. The molecule has 26 atom stereocenters. The lowest BCUT2D eigenvalue weighted by atomic mass is 9.38. The zero-order chi connectivity index (χ0) is 50.4. The molecule has 68 heavy (non-hydrogen) atoms. The molecule has 0 bridgehead atoms. The highest BCUT2D eigenvalue weighted by molar-refractivity contribution is 5.32. The summed E-state index contributed by atoms with van der Waals surface area (Å²) >= 11 is 0. The largest absolute Gasteiger partial charge is 0.394 e. The predicted octanol–water partition coefficient (Wildman–Crippen LogP) is -2.09. The van der Waals surface area contributed by atoms with Gasteiger partial charge in [0.2, 0.25) is 0 Å². The predicted molar refractivity (Wildman–Crippen MR) is 236 cm³/mol. The van der Waals surface area contributed by atoms with Gasteiger partial charge in [-0.2, -0.15) is 0 Å². The van der Waals surface area contributed by atoms with Crippen LogP contribution in [-0.4, -0.2) is 213 Å². The van der Waals surface area contributed by atoms with Crippen molar-refractivity contribution in [3.05, 3.63) is 11.6 Å². The van der Waals surface area contributed by atoms with Crippen molar-refractivity contribution in [3.63, 3.8) is 0 Å². The molecular weight excluding hydrogens is 897 g/mol. The first-order valence-corrected chi connectivity index (χ1v) is 24.6. The Kier molecular flexibility index (Phi) is 16.1. The van der Waals surface area contributed by atoms with Crippen molar-refractivity contribution in [1.82, 2.24) is 0 Å². The van der Waals surface area contributed by atoms with Gasteiger partial charge in [0.15, 0.2) is 18.9 Å². The summed E-state index contributed by atoms with van der Waals surface area (Å²) in [5.74, 6) is -0.349. The van der Waals surface area contributed by atoms with E-state index in [1.54, 1.807) is 0 Å². The number of ether oxygens (including phenoxy) is 6. The molecule has 0 radical (unpaired) electrons. The second-order valence-corrected chi connectivity index (χ2v) is 23.2. The Morgan fingerprint density at radius 3 is 1.79 bits per heavy atom. The first-order chi connectivity index (χ1) is 31.6. The highest BCUT2D eigenvalue weighted by Crippen LogP contribution is 2.75. The number of fused-ring (bicyclic) bond motifs is 5. The Labute approximate surface area is 398 Å². The molecule has 20 heteroatoms. The van der Waals surface area contributed by atoms with E-state index in [1.165, 1.54) is 13.8 Å². The van der Waals surface area contributed by atoms with Crippen molar-refractivity contribution in [1.29, 1.82) is 0 Å². The lowest BCUT2D eigenvalue weighted by Crippen LogP contribution is -2.65. The maximum atomic E-state index is 12.6. The highest BCUT2D eigenvalue weighted by Gasteiger charge is 2.70. The minimum absolute atomic E-state index is 0.00454. The molecule has 0 amide bonds. The molecule has 4 aliphatic carbocycles. The normalized spacial score (nSPS) is 50.9. The average Bonchev–Trinajstić information content (AvgIpc) is 3.55. The molecule has 0 aromatic rings. The van der Waals surface area contributed by atoms with Crippen molar-refractivity contribution in [2.24, 2.45) is 45.3 Å². The monoisotopic (exact) mass is 979 g/mol. The summed E-state index contributed by atoms with van der Waals surface area (Å²) in [5.41, 5.74) is -2.23. The molecule has 6 fully saturated rings. The maximum absolute atomic E-state index is 12.6. The van der Waals surface area contributed by atoms with Crippen LogP contribution in [0.2, 0.25) is 0 Å². The highest BCUT2D eigenvalue weighted by atomic mass is 16.7.